The summed E-state index contributed by atoms with van der Waals surface area (Å²) in [6.07, 6.45) is 5.68. The van der Waals surface area contributed by atoms with E-state index in [1.165, 1.54) is 5.56 Å². The van der Waals surface area contributed by atoms with Crippen LogP contribution in [0.5, 0.6) is 0 Å². The van der Waals surface area contributed by atoms with Gasteiger partial charge >= 0.3 is 0 Å². The fraction of sp³-hybridized carbons (Fsp3) is 0.0233. The van der Waals surface area contributed by atoms with Crippen LogP contribution in [0.1, 0.15) is 11.1 Å². The van der Waals surface area contributed by atoms with Crippen LogP contribution in [0.4, 0.5) is 5.69 Å². The predicted octanol–water partition coefficient (Wildman–Crippen LogP) is 10.2. The van der Waals surface area contributed by atoms with E-state index in [0.29, 0.717) is 11.3 Å². The molecule has 0 amide bonds. The van der Waals surface area contributed by atoms with Gasteiger partial charge in [0.25, 0.3) is 0 Å². The summed E-state index contributed by atoms with van der Waals surface area (Å²) in [5.41, 5.74) is 11.5. The average molecular weight is 821 g/mol. The Kier molecular flexibility index (Phi) is 10.2. The minimum atomic E-state index is 0. The van der Waals surface area contributed by atoms with Crippen molar-refractivity contribution in [3.8, 4) is 56.7 Å². The van der Waals surface area contributed by atoms with Gasteiger partial charge in [0.2, 0.25) is 0 Å². The van der Waals surface area contributed by atoms with Gasteiger partial charge in [-0.2, -0.15) is 11.3 Å². The van der Waals surface area contributed by atoms with Gasteiger partial charge in [-0.1, -0.05) is 91.0 Å². The normalized spacial score (nSPS) is 10.3. The molecular formula is C43H28IrN6-2. The van der Waals surface area contributed by atoms with E-state index in [4.69, 9.17) is 6.57 Å². The number of hydrogen-bond donors (Lipinski definition) is 0. The molecule has 7 heteroatoms. The average Bonchev–Trinajstić information content (AvgIpc) is 3.85. The quantitative estimate of drug-likeness (QED) is 0.163. The Balaban J connectivity index is 0.000000194. The van der Waals surface area contributed by atoms with E-state index in [-0.39, 0.29) is 20.1 Å². The first-order valence-corrected chi connectivity index (χ1v) is 15.7. The molecule has 8 rings (SSSR count). The van der Waals surface area contributed by atoms with Gasteiger partial charge in [0.15, 0.2) is 0 Å². The summed E-state index contributed by atoms with van der Waals surface area (Å²) in [7, 11) is 0. The summed E-state index contributed by atoms with van der Waals surface area (Å²) >= 11 is 0. The monoisotopic (exact) mass is 821 g/mol. The van der Waals surface area contributed by atoms with E-state index in [1.54, 1.807) is 30.5 Å². The second kappa shape index (κ2) is 15.2. The summed E-state index contributed by atoms with van der Waals surface area (Å²) in [5.74, 6) is 0.748. The van der Waals surface area contributed by atoms with Gasteiger partial charge in [-0.15, -0.1) is 53.6 Å². The number of aryl methyl sites for hydroxylation is 1. The molecule has 241 valence electrons. The number of nitriles is 1. The van der Waals surface area contributed by atoms with E-state index < -0.39 is 0 Å². The molecule has 0 N–H and O–H groups in total. The van der Waals surface area contributed by atoms with Crippen molar-refractivity contribution in [1.29, 1.82) is 5.26 Å². The second-order valence-corrected chi connectivity index (χ2v) is 11.3. The Morgan fingerprint density at radius 3 is 2.08 bits per heavy atom. The molecule has 0 aliphatic heterocycles. The zero-order valence-corrected chi connectivity index (χ0v) is 29.3. The van der Waals surface area contributed by atoms with Gasteiger partial charge in [0.1, 0.15) is 5.69 Å². The van der Waals surface area contributed by atoms with Gasteiger partial charge in [0.05, 0.1) is 29.7 Å². The van der Waals surface area contributed by atoms with E-state index in [1.807, 2.05) is 77.6 Å². The number of pyridine rings is 1. The first kappa shape index (κ1) is 33.5. The predicted molar refractivity (Wildman–Crippen MR) is 194 cm³/mol. The first-order valence-electron chi connectivity index (χ1n) is 15.7. The Bertz CT molecular complexity index is 2430. The molecule has 0 fully saturated rings. The minimum absolute atomic E-state index is 0. The van der Waals surface area contributed by atoms with Gasteiger partial charge < -0.3 is 4.57 Å². The molecule has 0 atom stereocenters. The topological polar surface area (TPSA) is 63.3 Å². The van der Waals surface area contributed by atoms with Gasteiger partial charge in [-0.05, 0) is 35.2 Å². The van der Waals surface area contributed by atoms with Crippen molar-refractivity contribution >= 4 is 11.2 Å². The molecule has 3 heterocycles. The van der Waals surface area contributed by atoms with Crippen LogP contribution < -0.4 is 0 Å². The van der Waals surface area contributed by atoms with E-state index >= 15 is 0 Å². The molecule has 0 bridgehead atoms. The van der Waals surface area contributed by atoms with Gasteiger partial charge in [-0.25, -0.2) is 5.10 Å². The Morgan fingerprint density at radius 1 is 0.740 bits per heavy atom. The summed E-state index contributed by atoms with van der Waals surface area (Å²) in [5, 5.41) is 13.8. The largest absolute Gasteiger partial charge is 0.339 e. The molecule has 0 aliphatic rings. The number of imidazole rings is 1. The van der Waals surface area contributed by atoms with Gasteiger partial charge in [0, 0.05) is 55.5 Å². The number of hydrogen-bond acceptors (Lipinski definition) is 3. The van der Waals surface area contributed by atoms with Crippen LogP contribution in [0, 0.1) is 37.0 Å². The SMILES string of the molecule is N#Cc1cc[c-]c(-c2nccn2-c2c(-c3ccccc3)cccc2-c2ccccc2)c1.[C-]#[N+]c1cc[c-]c(-c2cc3c(C)cccn3n2)c1.[Ir]. The van der Waals surface area contributed by atoms with Crippen LogP contribution in [0.3, 0.4) is 0 Å². The van der Waals surface area contributed by atoms with Crippen molar-refractivity contribution in [2.24, 2.45) is 0 Å². The number of para-hydroxylation sites is 1. The standard InChI is InChI=1S/C28H18N3.C15H10N3.Ir/c29-20-21-9-7-14-24(19-21)28-30-17-18-31(28)27-25(22-10-3-1-4-11-22)15-8-16-26(27)23-12-5-2-6-13-23;1-11-5-4-8-18-15(11)10-14(17-18)12-6-3-7-13(9-12)16-2;/h1-13,15-19H;3-5,7-10H,1H3;/q2*-1;. The maximum atomic E-state index is 9.34. The molecule has 8 aromatic rings. The maximum Gasteiger partial charge on any atom is 0.108 e. The number of fused-ring (bicyclic) bond motifs is 1. The minimum Gasteiger partial charge on any atom is -0.339 e. The Hall–Kier alpha value is -6.37. The number of rotatable bonds is 5. The molecule has 1 radical (unpaired) electrons. The molecule has 0 unspecified atom stereocenters. The van der Waals surface area contributed by atoms with E-state index in [9.17, 15) is 5.26 Å². The van der Waals surface area contributed by atoms with Crippen molar-refractivity contribution in [3.63, 3.8) is 0 Å². The van der Waals surface area contributed by atoms with E-state index in [0.717, 1.165) is 56.1 Å². The summed E-state index contributed by atoms with van der Waals surface area (Å²) in [4.78, 5) is 8.05. The maximum absolute atomic E-state index is 9.34. The smallest absolute Gasteiger partial charge is 0.108 e. The van der Waals surface area contributed by atoms with Crippen LogP contribution in [-0.4, -0.2) is 19.2 Å². The van der Waals surface area contributed by atoms with Crippen molar-refractivity contribution in [2.45, 2.75) is 6.92 Å². The van der Waals surface area contributed by atoms with Crippen molar-refractivity contribution in [2.75, 3.05) is 0 Å². The van der Waals surface area contributed by atoms with Crippen LogP contribution in [0.15, 0.2) is 152 Å². The number of nitrogens with zero attached hydrogens (tertiary/aromatic N) is 6. The Labute approximate surface area is 304 Å². The third-order valence-corrected chi connectivity index (χ3v) is 8.16. The zero-order chi connectivity index (χ0) is 33.6. The molecule has 6 nitrogen and oxygen atoms in total. The molecule has 0 aliphatic carbocycles. The molecule has 0 saturated heterocycles. The Morgan fingerprint density at radius 2 is 1.42 bits per heavy atom. The van der Waals surface area contributed by atoms with Crippen molar-refractivity contribution < 1.29 is 20.1 Å². The van der Waals surface area contributed by atoms with Crippen LogP contribution >= 0.6 is 0 Å². The van der Waals surface area contributed by atoms with Crippen LogP contribution in [0.25, 0.3) is 60.9 Å². The third-order valence-electron chi connectivity index (χ3n) is 8.16. The molecule has 5 aromatic carbocycles. The molecule has 0 saturated carbocycles. The van der Waals surface area contributed by atoms with Crippen molar-refractivity contribution in [3.05, 3.63) is 187 Å². The number of aromatic nitrogens is 4. The number of benzene rings is 5. The fourth-order valence-electron chi connectivity index (χ4n) is 5.81. The molecule has 0 spiro atoms. The molecule has 50 heavy (non-hydrogen) atoms. The van der Waals surface area contributed by atoms with E-state index in [2.05, 4.69) is 93.2 Å². The third kappa shape index (κ3) is 6.92. The summed E-state index contributed by atoms with van der Waals surface area (Å²) in [6, 6.07) is 52.4. The van der Waals surface area contributed by atoms with Crippen LogP contribution in [0.2, 0.25) is 0 Å². The summed E-state index contributed by atoms with van der Waals surface area (Å²) in [6.45, 7) is 9.09. The second-order valence-electron chi connectivity index (χ2n) is 11.3. The fourth-order valence-corrected chi connectivity index (χ4v) is 5.81. The first-order chi connectivity index (χ1) is 24.1. The summed E-state index contributed by atoms with van der Waals surface area (Å²) < 4.78 is 3.95. The van der Waals surface area contributed by atoms with Crippen molar-refractivity contribution in [1.82, 2.24) is 19.2 Å². The molecular weight excluding hydrogens is 793 g/mol. The van der Waals surface area contributed by atoms with Crippen LogP contribution in [-0.2, 0) is 20.1 Å². The van der Waals surface area contributed by atoms with Gasteiger partial charge in [-0.3, -0.25) is 14.3 Å². The zero-order valence-electron chi connectivity index (χ0n) is 27.0. The molecule has 3 aromatic heterocycles.